The molecule has 5 nitrogen and oxygen atoms in total. The second-order valence-electron chi connectivity index (χ2n) is 8.85. The Bertz CT molecular complexity index is 879. The van der Waals surface area contributed by atoms with Gasteiger partial charge in [-0.15, -0.1) is 0 Å². The van der Waals surface area contributed by atoms with Gasteiger partial charge in [-0.25, -0.2) is 18.1 Å². The molecule has 3 rings (SSSR count). The van der Waals surface area contributed by atoms with Crippen LogP contribution >= 0.6 is 0 Å². The molecule has 1 aliphatic carbocycles. The Labute approximate surface area is 187 Å². The molecule has 1 aliphatic rings. The average Bonchev–Trinajstić information content (AvgIpc) is 2.79. The lowest BCUT2D eigenvalue weighted by atomic mass is 9.78. The summed E-state index contributed by atoms with van der Waals surface area (Å²) in [6.45, 7) is 4.79. The molecule has 2 unspecified atom stereocenters. The van der Waals surface area contributed by atoms with Gasteiger partial charge in [0.1, 0.15) is 0 Å². The molecule has 1 N–H and O–H groups in total. The molecule has 0 aliphatic heterocycles. The summed E-state index contributed by atoms with van der Waals surface area (Å²) in [5, 5.41) is 0. The van der Waals surface area contributed by atoms with Crippen LogP contribution in [-0.4, -0.2) is 26.1 Å². The number of ether oxygens (including phenoxy) is 1. The number of aryl methyl sites for hydroxylation is 1. The van der Waals surface area contributed by atoms with E-state index in [9.17, 15) is 8.42 Å². The molecule has 0 radical (unpaired) electrons. The van der Waals surface area contributed by atoms with Crippen LogP contribution in [0.2, 0.25) is 0 Å². The van der Waals surface area contributed by atoms with Crippen molar-refractivity contribution >= 4 is 10.0 Å². The molecule has 1 aromatic heterocycles. The summed E-state index contributed by atoms with van der Waals surface area (Å²) in [6.07, 6.45) is 10.5. The summed E-state index contributed by atoms with van der Waals surface area (Å²) < 4.78 is 35.0. The van der Waals surface area contributed by atoms with Crippen LogP contribution in [0, 0.1) is 18.8 Å². The molecule has 1 heterocycles. The van der Waals surface area contributed by atoms with E-state index in [0.717, 1.165) is 37.7 Å². The lowest BCUT2D eigenvalue weighted by Gasteiger charge is -2.35. The van der Waals surface area contributed by atoms with Gasteiger partial charge in [-0.1, -0.05) is 49.9 Å². The van der Waals surface area contributed by atoms with Gasteiger partial charge in [0.2, 0.25) is 15.9 Å². The highest BCUT2D eigenvalue weighted by Gasteiger charge is 2.32. The fraction of sp³-hybridized carbons (Fsp3) is 0.560. The van der Waals surface area contributed by atoms with Gasteiger partial charge < -0.3 is 4.74 Å². The van der Waals surface area contributed by atoms with Gasteiger partial charge in [-0.2, -0.15) is 0 Å². The number of hydrogen-bond donors (Lipinski definition) is 1. The van der Waals surface area contributed by atoms with Crippen LogP contribution < -0.4 is 9.46 Å². The Balaban J connectivity index is 1.57. The second-order valence-corrected chi connectivity index (χ2v) is 10.6. The van der Waals surface area contributed by atoms with Gasteiger partial charge in [-0.05, 0) is 69.1 Å². The van der Waals surface area contributed by atoms with E-state index in [4.69, 9.17) is 4.74 Å². The largest absolute Gasteiger partial charge is 0.478 e. The van der Waals surface area contributed by atoms with Crippen molar-refractivity contribution in [1.82, 2.24) is 9.71 Å². The number of nitrogens with one attached hydrogen (secondary N) is 1. The van der Waals surface area contributed by atoms with Crippen LogP contribution in [0.3, 0.4) is 0 Å². The summed E-state index contributed by atoms with van der Waals surface area (Å²) in [5.41, 5.74) is 1.06. The summed E-state index contributed by atoms with van der Waals surface area (Å²) in [5.74, 6) is 1.34. The number of pyridine rings is 1. The summed E-state index contributed by atoms with van der Waals surface area (Å²) in [6, 6.07) is 12.7. The van der Waals surface area contributed by atoms with E-state index in [1.165, 1.54) is 19.3 Å². The molecule has 170 valence electrons. The molecule has 0 spiro atoms. The maximum atomic E-state index is 13.1. The Morgan fingerprint density at radius 2 is 1.81 bits per heavy atom. The van der Waals surface area contributed by atoms with Crippen molar-refractivity contribution in [1.29, 1.82) is 0 Å². The lowest BCUT2D eigenvalue weighted by Crippen LogP contribution is -2.45. The minimum atomic E-state index is -3.52. The van der Waals surface area contributed by atoms with Crippen molar-refractivity contribution < 1.29 is 13.2 Å². The number of aromatic nitrogens is 1. The maximum Gasteiger partial charge on any atom is 0.240 e. The highest BCUT2D eigenvalue weighted by atomic mass is 32.2. The standard InChI is InChI=1S/C25H36N2O3S/c1-20-14-16-23(17-15-20)31(28,29)27-25(22-11-4-3-5-12-22)21(2)10-7-9-19-30-24-13-6-8-18-26-24/h6,8,13-18,21-22,25,27H,3-5,7,9-12,19H2,1-2H3. The predicted molar refractivity (Wildman–Crippen MR) is 125 cm³/mol. The third kappa shape index (κ3) is 7.32. The molecule has 0 bridgehead atoms. The Morgan fingerprint density at radius 3 is 2.48 bits per heavy atom. The molecule has 1 fully saturated rings. The van der Waals surface area contributed by atoms with Crippen LogP contribution in [0.25, 0.3) is 0 Å². The summed E-state index contributed by atoms with van der Waals surface area (Å²) in [4.78, 5) is 4.53. The van der Waals surface area contributed by atoms with E-state index < -0.39 is 10.0 Å². The fourth-order valence-electron chi connectivity index (χ4n) is 4.49. The molecule has 31 heavy (non-hydrogen) atoms. The first kappa shape index (κ1) is 23.7. The van der Waals surface area contributed by atoms with Gasteiger partial charge in [0, 0.05) is 18.3 Å². The van der Waals surface area contributed by atoms with Gasteiger partial charge in [-0.3, -0.25) is 0 Å². The number of hydrogen-bond acceptors (Lipinski definition) is 4. The molecule has 0 amide bonds. The van der Waals surface area contributed by atoms with E-state index in [2.05, 4.69) is 16.6 Å². The monoisotopic (exact) mass is 444 g/mol. The van der Waals surface area contributed by atoms with E-state index >= 15 is 0 Å². The predicted octanol–water partition coefficient (Wildman–Crippen LogP) is 5.50. The number of nitrogens with zero attached hydrogens (tertiary/aromatic N) is 1. The van der Waals surface area contributed by atoms with E-state index in [1.54, 1.807) is 18.3 Å². The Kier molecular flexibility index (Phi) is 8.90. The normalized spacial score (nSPS) is 17.2. The van der Waals surface area contributed by atoms with Crippen LogP contribution in [0.5, 0.6) is 5.88 Å². The fourth-order valence-corrected chi connectivity index (χ4v) is 5.91. The first-order valence-electron chi connectivity index (χ1n) is 11.6. The molecule has 6 heteroatoms. The molecule has 0 saturated heterocycles. The second kappa shape index (κ2) is 11.6. The zero-order valence-electron chi connectivity index (χ0n) is 18.8. The highest BCUT2D eigenvalue weighted by molar-refractivity contribution is 7.89. The van der Waals surface area contributed by atoms with Gasteiger partial charge in [0.15, 0.2) is 0 Å². The number of benzene rings is 1. The minimum Gasteiger partial charge on any atom is -0.478 e. The third-order valence-corrected chi connectivity index (χ3v) is 7.81. The molecule has 1 aromatic carbocycles. The van der Waals surface area contributed by atoms with Crippen molar-refractivity contribution in [3.63, 3.8) is 0 Å². The SMILES string of the molecule is Cc1ccc(S(=O)(=O)NC(C(C)CCCCOc2ccccn2)C2CCCCC2)cc1. The highest BCUT2D eigenvalue weighted by Crippen LogP contribution is 2.32. The zero-order valence-corrected chi connectivity index (χ0v) is 19.6. The third-order valence-electron chi connectivity index (χ3n) is 6.33. The Hall–Kier alpha value is -1.92. The van der Waals surface area contributed by atoms with Crippen molar-refractivity contribution in [3.05, 3.63) is 54.2 Å². The zero-order chi connectivity index (χ0) is 22.1. The number of rotatable bonds is 11. The molecule has 2 atom stereocenters. The van der Waals surface area contributed by atoms with E-state index in [-0.39, 0.29) is 12.0 Å². The van der Waals surface area contributed by atoms with Crippen molar-refractivity contribution in [2.75, 3.05) is 6.61 Å². The summed E-state index contributed by atoms with van der Waals surface area (Å²) in [7, 11) is -3.52. The first-order chi connectivity index (χ1) is 15.0. The Morgan fingerprint density at radius 1 is 1.06 bits per heavy atom. The maximum absolute atomic E-state index is 13.1. The minimum absolute atomic E-state index is 0.0247. The molecular formula is C25H36N2O3S. The number of unbranched alkanes of at least 4 members (excludes halogenated alkanes) is 1. The van der Waals surface area contributed by atoms with E-state index in [1.807, 2.05) is 37.3 Å². The summed E-state index contributed by atoms with van der Waals surface area (Å²) >= 11 is 0. The average molecular weight is 445 g/mol. The first-order valence-corrected chi connectivity index (χ1v) is 13.1. The van der Waals surface area contributed by atoms with Crippen LogP contribution in [0.15, 0.2) is 53.6 Å². The van der Waals surface area contributed by atoms with Crippen molar-refractivity contribution in [3.8, 4) is 5.88 Å². The lowest BCUT2D eigenvalue weighted by molar-refractivity contribution is 0.222. The van der Waals surface area contributed by atoms with Gasteiger partial charge >= 0.3 is 0 Å². The quantitative estimate of drug-likeness (QED) is 0.465. The van der Waals surface area contributed by atoms with E-state index in [0.29, 0.717) is 23.3 Å². The molecule has 2 aromatic rings. The van der Waals surface area contributed by atoms with Crippen LogP contribution in [0.4, 0.5) is 0 Å². The van der Waals surface area contributed by atoms with Crippen molar-refractivity contribution in [2.24, 2.45) is 11.8 Å². The topological polar surface area (TPSA) is 68.3 Å². The van der Waals surface area contributed by atoms with Gasteiger partial charge in [0.25, 0.3) is 0 Å². The van der Waals surface area contributed by atoms with Crippen molar-refractivity contribution in [2.45, 2.75) is 76.2 Å². The van der Waals surface area contributed by atoms with Crippen LogP contribution in [-0.2, 0) is 10.0 Å². The van der Waals surface area contributed by atoms with Crippen LogP contribution in [0.1, 0.15) is 63.9 Å². The molecule has 1 saturated carbocycles. The van der Waals surface area contributed by atoms with Gasteiger partial charge in [0.05, 0.1) is 11.5 Å². The smallest absolute Gasteiger partial charge is 0.240 e. The molecular weight excluding hydrogens is 408 g/mol. The number of sulfonamides is 1.